The highest BCUT2D eigenvalue weighted by Gasteiger charge is 2.44. The van der Waals surface area contributed by atoms with Gasteiger partial charge < -0.3 is 9.64 Å². The molecule has 1 aliphatic heterocycles. The van der Waals surface area contributed by atoms with Crippen molar-refractivity contribution in [3.63, 3.8) is 0 Å². The number of imide groups is 1. The van der Waals surface area contributed by atoms with Crippen LogP contribution < -0.4 is 10.0 Å². The van der Waals surface area contributed by atoms with E-state index in [0.29, 0.717) is 5.56 Å². The second-order valence-electron chi connectivity index (χ2n) is 9.07. The highest BCUT2D eigenvalue weighted by Crippen LogP contribution is 2.28. The van der Waals surface area contributed by atoms with Gasteiger partial charge >= 0.3 is 5.97 Å². The monoisotopic (exact) mass is 580 g/mol. The van der Waals surface area contributed by atoms with Crippen LogP contribution in [0.4, 0.5) is 11.4 Å². The summed E-state index contributed by atoms with van der Waals surface area (Å²) < 4.78 is 27.8. The molecule has 4 rings (SSSR count). The zero-order chi connectivity index (χ0) is 29.9. The van der Waals surface area contributed by atoms with E-state index in [4.69, 9.17) is 5.14 Å². The lowest BCUT2D eigenvalue weighted by molar-refractivity contribution is -0.384. The molecule has 14 heteroatoms. The Morgan fingerprint density at radius 3 is 2.12 bits per heavy atom. The maximum Gasteiger partial charge on any atom is 0.337 e. The number of nitro benzene ring substituents is 1. The molecule has 0 aromatic heterocycles. The molecule has 3 amide bonds. The molecule has 212 valence electrons. The summed E-state index contributed by atoms with van der Waals surface area (Å²) in [4.78, 5) is 64.4. The normalized spacial score (nSPS) is 15.1. The van der Waals surface area contributed by atoms with Gasteiger partial charge in [-0.2, -0.15) is 0 Å². The molecule has 0 spiro atoms. The SMILES string of the molecule is COC(=O)c1ccc(N2C(=O)CC(N(CCc3ccc(S(N)(=O)=O)cc3)C(=O)c3ccc([N+](=O)[O-])cc3)C2=O)cc1. The number of methoxy groups -OCH3 is 1. The van der Waals surface area contributed by atoms with Crippen LogP contribution >= 0.6 is 0 Å². The molecule has 3 aromatic carbocycles. The van der Waals surface area contributed by atoms with Crippen molar-refractivity contribution in [2.45, 2.75) is 23.8 Å². The van der Waals surface area contributed by atoms with E-state index in [1.54, 1.807) is 0 Å². The minimum Gasteiger partial charge on any atom is -0.465 e. The summed E-state index contributed by atoms with van der Waals surface area (Å²) in [7, 11) is -2.68. The molecule has 0 aliphatic carbocycles. The summed E-state index contributed by atoms with van der Waals surface area (Å²) in [5, 5.41) is 16.2. The molecule has 1 fully saturated rings. The van der Waals surface area contributed by atoms with E-state index >= 15 is 0 Å². The number of sulfonamides is 1. The first kappa shape index (κ1) is 29.0. The molecule has 0 radical (unpaired) electrons. The molecule has 0 saturated carbocycles. The number of nitrogens with zero attached hydrogens (tertiary/aromatic N) is 3. The van der Waals surface area contributed by atoms with Gasteiger partial charge in [0.2, 0.25) is 15.9 Å². The second-order valence-corrected chi connectivity index (χ2v) is 10.6. The van der Waals surface area contributed by atoms with Crippen LogP contribution in [0.5, 0.6) is 0 Å². The lowest BCUT2D eigenvalue weighted by Gasteiger charge is -2.28. The summed E-state index contributed by atoms with van der Waals surface area (Å²) >= 11 is 0. The summed E-state index contributed by atoms with van der Waals surface area (Å²) in [5.74, 6) is -2.45. The molecule has 1 atom stereocenters. The Morgan fingerprint density at radius 2 is 1.59 bits per heavy atom. The van der Waals surface area contributed by atoms with E-state index in [-0.39, 0.29) is 46.8 Å². The van der Waals surface area contributed by atoms with Gasteiger partial charge in [0.25, 0.3) is 17.5 Å². The molecule has 1 saturated heterocycles. The number of carbonyl (C=O) groups excluding carboxylic acids is 4. The molecule has 1 heterocycles. The van der Waals surface area contributed by atoms with Crippen LogP contribution in [0, 0.1) is 10.1 Å². The predicted molar refractivity (Wildman–Crippen MR) is 144 cm³/mol. The minimum atomic E-state index is -3.90. The first-order valence-corrected chi connectivity index (χ1v) is 13.7. The number of nitrogens with two attached hydrogens (primary N) is 1. The summed E-state index contributed by atoms with van der Waals surface area (Å²) in [5.41, 5.74) is 0.899. The lowest BCUT2D eigenvalue weighted by atomic mass is 10.1. The molecule has 2 N–H and O–H groups in total. The number of nitro groups is 1. The van der Waals surface area contributed by atoms with Gasteiger partial charge in [0.05, 0.1) is 34.6 Å². The van der Waals surface area contributed by atoms with Crippen LogP contribution in [-0.2, 0) is 30.8 Å². The van der Waals surface area contributed by atoms with E-state index in [1.165, 1.54) is 72.7 Å². The number of non-ortho nitro benzene ring substituents is 1. The van der Waals surface area contributed by atoms with Gasteiger partial charge in [-0.25, -0.2) is 23.3 Å². The minimum absolute atomic E-state index is 0.0383. The summed E-state index contributed by atoms with van der Waals surface area (Å²) in [6.45, 7) is -0.0383. The Labute approximate surface area is 234 Å². The molecule has 0 bridgehead atoms. The molecule has 1 aliphatic rings. The van der Waals surface area contributed by atoms with Gasteiger partial charge in [0.15, 0.2) is 0 Å². The Bertz CT molecular complexity index is 1620. The zero-order valence-corrected chi connectivity index (χ0v) is 22.4. The molecule has 41 heavy (non-hydrogen) atoms. The second kappa shape index (κ2) is 11.7. The van der Waals surface area contributed by atoms with Crippen molar-refractivity contribution in [2.75, 3.05) is 18.6 Å². The van der Waals surface area contributed by atoms with Crippen molar-refractivity contribution in [1.29, 1.82) is 0 Å². The number of hydrogen-bond donors (Lipinski definition) is 1. The van der Waals surface area contributed by atoms with Gasteiger partial charge in [0.1, 0.15) is 6.04 Å². The maximum atomic E-state index is 13.6. The largest absolute Gasteiger partial charge is 0.465 e. The van der Waals surface area contributed by atoms with Crippen LogP contribution in [0.1, 0.15) is 32.7 Å². The molecule has 3 aromatic rings. The van der Waals surface area contributed by atoms with Gasteiger partial charge in [-0.3, -0.25) is 24.5 Å². The highest BCUT2D eigenvalue weighted by molar-refractivity contribution is 7.89. The molecular formula is C27H24N4O9S. The van der Waals surface area contributed by atoms with Crippen LogP contribution in [0.25, 0.3) is 0 Å². The maximum absolute atomic E-state index is 13.6. The van der Waals surface area contributed by atoms with Crippen molar-refractivity contribution in [3.8, 4) is 0 Å². The topological polar surface area (TPSA) is 187 Å². The average Bonchev–Trinajstić information content (AvgIpc) is 3.25. The Hall–Kier alpha value is -4.95. The smallest absolute Gasteiger partial charge is 0.337 e. The number of amides is 3. The van der Waals surface area contributed by atoms with Gasteiger partial charge in [-0.1, -0.05) is 12.1 Å². The number of benzene rings is 3. The van der Waals surface area contributed by atoms with Gasteiger partial charge in [-0.15, -0.1) is 0 Å². The van der Waals surface area contributed by atoms with Crippen molar-refractivity contribution >= 4 is 45.1 Å². The third kappa shape index (κ3) is 6.28. The van der Waals surface area contributed by atoms with Gasteiger partial charge in [-0.05, 0) is 60.5 Å². The molecule has 1 unspecified atom stereocenters. The number of hydrogen-bond acceptors (Lipinski definition) is 9. The zero-order valence-electron chi connectivity index (χ0n) is 21.6. The Balaban J connectivity index is 1.63. The number of ether oxygens (including phenoxy) is 1. The van der Waals surface area contributed by atoms with Crippen molar-refractivity contribution in [3.05, 3.63) is 99.6 Å². The number of carbonyl (C=O) groups is 4. The predicted octanol–water partition coefficient (Wildman–Crippen LogP) is 2.05. The van der Waals surface area contributed by atoms with E-state index in [2.05, 4.69) is 4.74 Å². The van der Waals surface area contributed by atoms with Crippen molar-refractivity contribution < 1.29 is 37.3 Å². The summed E-state index contributed by atoms with van der Waals surface area (Å²) in [6.07, 6.45) is -0.129. The fourth-order valence-corrected chi connectivity index (χ4v) is 4.90. The Kier molecular flexibility index (Phi) is 8.26. The number of rotatable bonds is 9. The standard InChI is InChI=1S/C27H24N4O9S/c1-40-27(35)19-6-8-20(9-7-19)30-24(32)16-23(26(30)34)29(25(33)18-4-10-21(11-5-18)31(36)37)15-14-17-2-12-22(13-3-17)41(28,38)39/h2-13,23H,14-16H2,1H3,(H2,28,38,39). The number of primary sulfonamides is 1. The highest BCUT2D eigenvalue weighted by atomic mass is 32.2. The Morgan fingerprint density at radius 1 is 1.00 bits per heavy atom. The van der Waals surface area contributed by atoms with Crippen molar-refractivity contribution in [1.82, 2.24) is 4.90 Å². The van der Waals surface area contributed by atoms with E-state index in [1.807, 2.05) is 0 Å². The third-order valence-electron chi connectivity index (χ3n) is 6.52. The fraction of sp³-hybridized carbons (Fsp3) is 0.185. The fourth-order valence-electron chi connectivity index (χ4n) is 4.38. The van der Waals surface area contributed by atoms with Crippen molar-refractivity contribution in [2.24, 2.45) is 5.14 Å². The quantitative estimate of drug-likeness (QED) is 0.171. The van der Waals surface area contributed by atoms with E-state index in [0.717, 1.165) is 17.0 Å². The number of anilines is 1. The van der Waals surface area contributed by atoms with E-state index in [9.17, 15) is 37.7 Å². The average molecular weight is 581 g/mol. The first-order chi connectivity index (χ1) is 19.4. The van der Waals surface area contributed by atoms with E-state index < -0.39 is 44.7 Å². The van der Waals surface area contributed by atoms with Crippen LogP contribution in [0.2, 0.25) is 0 Å². The lowest BCUT2D eigenvalue weighted by Crippen LogP contribution is -2.46. The van der Waals surface area contributed by atoms with Crippen LogP contribution in [0.3, 0.4) is 0 Å². The first-order valence-electron chi connectivity index (χ1n) is 12.1. The van der Waals surface area contributed by atoms with Crippen LogP contribution in [0.15, 0.2) is 77.7 Å². The molecule has 13 nitrogen and oxygen atoms in total. The third-order valence-corrected chi connectivity index (χ3v) is 7.45. The summed E-state index contributed by atoms with van der Waals surface area (Å²) in [6, 6.07) is 15.0. The van der Waals surface area contributed by atoms with Gasteiger partial charge in [0, 0.05) is 24.2 Å². The molecular weight excluding hydrogens is 556 g/mol. The van der Waals surface area contributed by atoms with Crippen LogP contribution in [-0.4, -0.2) is 61.6 Å². The number of esters is 1.